The predicted octanol–water partition coefficient (Wildman–Crippen LogP) is 3.60. The molecule has 21 heavy (non-hydrogen) atoms. The number of hydrogen-bond donors (Lipinski definition) is 2. The zero-order valence-electron chi connectivity index (χ0n) is 11.6. The molecule has 2 aromatic carbocycles. The molecule has 0 atom stereocenters. The summed E-state index contributed by atoms with van der Waals surface area (Å²) in [5, 5.41) is 5.68. The van der Waals surface area contributed by atoms with Gasteiger partial charge in [-0.1, -0.05) is 24.3 Å². The predicted molar refractivity (Wildman–Crippen MR) is 86.1 cm³/mol. The van der Waals surface area contributed by atoms with E-state index in [4.69, 9.17) is 0 Å². The first-order chi connectivity index (χ1) is 10.1. The van der Waals surface area contributed by atoms with E-state index in [9.17, 15) is 9.18 Å². The van der Waals surface area contributed by atoms with Gasteiger partial charge in [-0.05, 0) is 59.7 Å². The molecule has 110 valence electrons. The van der Waals surface area contributed by atoms with Gasteiger partial charge in [0.2, 0.25) is 0 Å². The SMILES string of the molecule is CNCCc1ccccc1C(=O)Nc1c(F)cccc1Br. The molecule has 0 bridgehead atoms. The van der Waals surface area contributed by atoms with E-state index in [1.54, 1.807) is 24.3 Å². The number of amides is 1. The van der Waals surface area contributed by atoms with Gasteiger partial charge in [0.05, 0.1) is 5.69 Å². The third-order valence-corrected chi connectivity index (χ3v) is 3.77. The van der Waals surface area contributed by atoms with Gasteiger partial charge in [0.1, 0.15) is 5.82 Å². The van der Waals surface area contributed by atoms with Gasteiger partial charge in [0.15, 0.2) is 0 Å². The van der Waals surface area contributed by atoms with E-state index in [-0.39, 0.29) is 11.6 Å². The van der Waals surface area contributed by atoms with Gasteiger partial charge in [0.25, 0.3) is 5.91 Å². The molecule has 0 saturated heterocycles. The van der Waals surface area contributed by atoms with E-state index in [1.807, 2.05) is 19.2 Å². The topological polar surface area (TPSA) is 41.1 Å². The summed E-state index contributed by atoms with van der Waals surface area (Å²) < 4.78 is 14.3. The Morgan fingerprint density at radius 1 is 1.19 bits per heavy atom. The minimum atomic E-state index is -0.467. The normalized spacial score (nSPS) is 10.4. The van der Waals surface area contributed by atoms with Crippen LogP contribution in [0.15, 0.2) is 46.9 Å². The lowest BCUT2D eigenvalue weighted by Crippen LogP contribution is -2.18. The van der Waals surface area contributed by atoms with E-state index >= 15 is 0 Å². The van der Waals surface area contributed by atoms with Crippen LogP contribution in [0.5, 0.6) is 0 Å². The molecule has 0 heterocycles. The number of nitrogens with one attached hydrogen (secondary N) is 2. The minimum absolute atomic E-state index is 0.158. The van der Waals surface area contributed by atoms with Crippen molar-refractivity contribution in [2.75, 3.05) is 18.9 Å². The highest BCUT2D eigenvalue weighted by molar-refractivity contribution is 9.10. The molecule has 2 aromatic rings. The van der Waals surface area contributed by atoms with E-state index in [1.165, 1.54) is 6.07 Å². The summed E-state index contributed by atoms with van der Waals surface area (Å²) in [5.74, 6) is -0.780. The Kier molecular flexibility index (Phi) is 5.47. The second-order valence-electron chi connectivity index (χ2n) is 4.56. The zero-order chi connectivity index (χ0) is 15.2. The quantitative estimate of drug-likeness (QED) is 0.864. The number of anilines is 1. The maximum absolute atomic E-state index is 13.8. The summed E-state index contributed by atoms with van der Waals surface area (Å²) in [6, 6.07) is 11.9. The van der Waals surface area contributed by atoms with Gasteiger partial charge in [-0.2, -0.15) is 0 Å². The molecule has 5 heteroatoms. The largest absolute Gasteiger partial charge is 0.319 e. The second kappa shape index (κ2) is 7.33. The van der Waals surface area contributed by atoms with Crippen LogP contribution < -0.4 is 10.6 Å². The highest BCUT2D eigenvalue weighted by atomic mass is 79.9. The third kappa shape index (κ3) is 3.89. The summed E-state index contributed by atoms with van der Waals surface area (Å²) in [5.41, 5.74) is 1.64. The molecular weight excluding hydrogens is 335 g/mol. The fraction of sp³-hybridized carbons (Fsp3) is 0.188. The van der Waals surface area contributed by atoms with Gasteiger partial charge in [-0.15, -0.1) is 0 Å². The number of carbonyl (C=O) groups excluding carboxylic acids is 1. The molecule has 0 spiro atoms. The van der Waals surface area contributed by atoms with E-state index < -0.39 is 5.82 Å². The van der Waals surface area contributed by atoms with Crippen molar-refractivity contribution in [3.05, 3.63) is 63.9 Å². The number of rotatable bonds is 5. The van der Waals surface area contributed by atoms with Crippen LogP contribution in [0.2, 0.25) is 0 Å². The van der Waals surface area contributed by atoms with Crippen LogP contribution in [0, 0.1) is 5.82 Å². The molecule has 3 nitrogen and oxygen atoms in total. The van der Waals surface area contributed by atoms with Gasteiger partial charge in [-0.3, -0.25) is 4.79 Å². The average molecular weight is 351 g/mol. The van der Waals surface area contributed by atoms with Crippen molar-refractivity contribution in [1.82, 2.24) is 5.32 Å². The number of para-hydroxylation sites is 1. The fourth-order valence-corrected chi connectivity index (χ4v) is 2.46. The molecule has 0 radical (unpaired) electrons. The number of halogens is 2. The number of hydrogen-bond acceptors (Lipinski definition) is 2. The first kappa shape index (κ1) is 15.7. The average Bonchev–Trinajstić information content (AvgIpc) is 2.49. The van der Waals surface area contributed by atoms with Gasteiger partial charge < -0.3 is 10.6 Å². The molecule has 0 saturated carbocycles. The molecule has 0 aliphatic heterocycles. The van der Waals surface area contributed by atoms with Crippen molar-refractivity contribution in [2.45, 2.75) is 6.42 Å². The van der Waals surface area contributed by atoms with Crippen LogP contribution >= 0.6 is 15.9 Å². The molecule has 2 rings (SSSR count). The van der Waals surface area contributed by atoms with Gasteiger partial charge in [0, 0.05) is 10.0 Å². The monoisotopic (exact) mass is 350 g/mol. The van der Waals surface area contributed by atoms with Crippen molar-refractivity contribution in [1.29, 1.82) is 0 Å². The lowest BCUT2D eigenvalue weighted by atomic mass is 10.0. The van der Waals surface area contributed by atoms with Crippen molar-refractivity contribution in [2.24, 2.45) is 0 Å². The fourth-order valence-electron chi connectivity index (χ4n) is 2.02. The van der Waals surface area contributed by atoms with E-state index in [0.717, 1.165) is 18.5 Å². The summed E-state index contributed by atoms with van der Waals surface area (Å²) in [4.78, 5) is 12.4. The van der Waals surface area contributed by atoms with Crippen molar-refractivity contribution in [3.8, 4) is 0 Å². The molecule has 0 unspecified atom stereocenters. The van der Waals surface area contributed by atoms with Crippen molar-refractivity contribution < 1.29 is 9.18 Å². The number of likely N-dealkylation sites (N-methyl/N-ethyl adjacent to an activating group) is 1. The number of benzene rings is 2. The Morgan fingerprint density at radius 2 is 1.95 bits per heavy atom. The van der Waals surface area contributed by atoms with E-state index in [2.05, 4.69) is 26.6 Å². The molecule has 2 N–H and O–H groups in total. The Bertz CT molecular complexity index is 626. The molecular formula is C16H16BrFN2O. The summed E-state index contributed by atoms with van der Waals surface area (Å²) in [6.45, 7) is 0.772. The Hall–Kier alpha value is -1.72. The molecule has 0 aliphatic rings. The van der Waals surface area contributed by atoms with Crippen LogP contribution in [-0.4, -0.2) is 19.5 Å². The number of carbonyl (C=O) groups is 1. The highest BCUT2D eigenvalue weighted by Gasteiger charge is 2.14. The molecule has 0 aliphatic carbocycles. The first-order valence-electron chi connectivity index (χ1n) is 6.61. The zero-order valence-corrected chi connectivity index (χ0v) is 13.2. The van der Waals surface area contributed by atoms with Crippen LogP contribution in [-0.2, 0) is 6.42 Å². The third-order valence-electron chi connectivity index (χ3n) is 3.11. The summed E-state index contributed by atoms with van der Waals surface area (Å²) in [6.07, 6.45) is 0.735. The van der Waals surface area contributed by atoms with Crippen LogP contribution in [0.1, 0.15) is 15.9 Å². The molecule has 0 fully saturated rings. The van der Waals surface area contributed by atoms with Crippen LogP contribution in [0.4, 0.5) is 10.1 Å². The van der Waals surface area contributed by atoms with Gasteiger partial charge in [-0.25, -0.2) is 4.39 Å². The Morgan fingerprint density at radius 3 is 2.67 bits per heavy atom. The lowest BCUT2D eigenvalue weighted by Gasteiger charge is -2.11. The van der Waals surface area contributed by atoms with Crippen molar-refractivity contribution in [3.63, 3.8) is 0 Å². The standard InChI is InChI=1S/C16H16BrFN2O/c1-19-10-9-11-5-2-3-6-12(11)16(21)20-15-13(17)7-4-8-14(15)18/h2-8,19H,9-10H2,1H3,(H,20,21). The maximum Gasteiger partial charge on any atom is 0.256 e. The van der Waals surface area contributed by atoms with Crippen LogP contribution in [0.25, 0.3) is 0 Å². The first-order valence-corrected chi connectivity index (χ1v) is 7.40. The van der Waals surface area contributed by atoms with E-state index in [0.29, 0.717) is 10.0 Å². The highest BCUT2D eigenvalue weighted by Crippen LogP contribution is 2.26. The van der Waals surface area contributed by atoms with Gasteiger partial charge >= 0.3 is 0 Å². The Labute approximate surface area is 131 Å². The lowest BCUT2D eigenvalue weighted by molar-refractivity contribution is 0.102. The second-order valence-corrected chi connectivity index (χ2v) is 5.42. The Balaban J connectivity index is 2.25. The maximum atomic E-state index is 13.8. The summed E-state index contributed by atoms with van der Waals surface area (Å²) in [7, 11) is 1.86. The molecule has 1 amide bonds. The van der Waals surface area contributed by atoms with Crippen LogP contribution in [0.3, 0.4) is 0 Å². The van der Waals surface area contributed by atoms with Crippen molar-refractivity contribution >= 4 is 27.5 Å². The smallest absolute Gasteiger partial charge is 0.256 e. The summed E-state index contributed by atoms with van der Waals surface area (Å²) >= 11 is 3.24. The minimum Gasteiger partial charge on any atom is -0.319 e. The molecule has 0 aromatic heterocycles.